The molecule has 19 heavy (non-hydrogen) atoms. The Hall–Kier alpha value is -2.56. The van der Waals surface area contributed by atoms with Crippen LogP contribution in [0.3, 0.4) is 0 Å². The normalized spacial score (nSPS) is 9.16. The first-order chi connectivity index (χ1) is 9.00. The molecule has 0 aliphatic rings. The van der Waals surface area contributed by atoms with Crippen LogP contribution in [0.25, 0.3) is 0 Å². The standard InChI is InChI=1S/C7H10N2.C7H6O3/c1-9(2)7-3-5-8-6-4-7;8-6-3-1-5(2-4-6)7(9)10/h3-6H,1-2H3;1-4,8H,(H,9,10). The number of carbonyl (C=O) groups is 1. The zero-order valence-corrected chi connectivity index (χ0v) is 10.8. The highest BCUT2D eigenvalue weighted by molar-refractivity contribution is 5.87. The van der Waals surface area contributed by atoms with Crippen LogP contribution in [0.1, 0.15) is 10.4 Å². The molecule has 0 aliphatic carbocycles. The summed E-state index contributed by atoms with van der Waals surface area (Å²) >= 11 is 0. The molecule has 1 heterocycles. The topological polar surface area (TPSA) is 77.7 Å². The fourth-order valence-corrected chi connectivity index (χ4v) is 1.27. The predicted molar refractivity (Wildman–Crippen MR) is 70.2 cm³/mol. The molecule has 2 aromatic rings. The van der Waals surface area contributed by atoms with Crippen LogP contribution >= 0.6 is 0 Å². The minimum absolute atomic E-state index is 0.139. The van der Waals surface area contributed by atoms with Crippen molar-refractivity contribution in [2.45, 2.75) is 0 Å². The Labute approximate surface area is 111 Å². The summed E-state index contributed by atoms with van der Waals surface area (Å²) in [6, 6.07) is 9.07. The van der Waals surface area contributed by atoms with Crippen molar-refractivity contribution in [3.05, 3.63) is 54.4 Å². The molecular weight excluding hydrogens is 244 g/mol. The van der Waals surface area contributed by atoms with E-state index in [-0.39, 0.29) is 11.3 Å². The first-order valence-electron chi connectivity index (χ1n) is 5.64. The van der Waals surface area contributed by atoms with E-state index in [1.165, 1.54) is 30.0 Å². The molecule has 1 aromatic carbocycles. The molecule has 0 spiro atoms. The number of hydrogen-bond acceptors (Lipinski definition) is 3. The third-order valence-corrected chi connectivity index (χ3v) is 2.32. The third-order valence-electron chi connectivity index (χ3n) is 2.32. The molecule has 0 amide bonds. The Balaban J connectivity index is 0.000000191. The van der Waals surface area contributed by atoms with E-state index in [9.17, 15) is 9.90 Å². The van der Waals surface area contributed by atoms with E-state index in [2.05, 4.69) is 9.88 Å². The van der Waals surface area contributed by atoms with Gasteiger partial charge in [0.1, 0.15) is 0 Å². The van der Waals surface area contributed by atoms with Gasteiger partial charge in [-0.05, 0) is 12.1 Å². The van der Waals surface area contributed by atoms with Gasteiger partial charge in [-0.25, -0.2) is 9.78 Å². The summed E-state index contributed by atoms with van der Waals surface area (Å²) in [6.45, 7) is 0. The zero-order valence-electron chi connectivity index (χ0n) is 10.8. The number of aromatic amines is 1. The summed E-state index contributed by atoms with van der Waals surface area (Å²) in [5, 5.41) is 18.8. The number of benzene rings is 1. The van der Waals surface area contributed by atoms with Crippen molar-refractivity contribution in [1.82, 2.24) is 0 Å². The van der Waals surface area contributed by atoms with Gasteiger partial charge in [0, 0.05) is 31.9 Å². The molecule has 2 rings (SSSR count). The second-order valence-electron chi connectivity index (χ2n) is 3.98. The third kappa shape index (κ3) is 5.08. The summed E-state index contributed by atoms with van der Waals surface area (Å²) in [5.74, 6) is -1.19. The zero-order chi connectivity index (χ0) is 14.3. The van der Waals surface area contributed by atoms with Crippen molar-refractivity contribution in [3.8, 4) is 5.75 Å². The molecule has 2 N–H and O–H groups in total. The Morgan fingerprint density at radius 3 is 2.00 bits per heavy atom. The number of pyridine rings is 1. The molecule has 0 aliphatic heterocycles. The average Bonchev–Trinajstić information content (AvgIpc) is 2.41. The number of rotatable bonds is 2. The number of H-pyrrole nitrogens is 1. The number of aromatic nitrogens is 1. The molecule has 0 saturated heterocycles. The van der Waals surface area contributed by atoms with Gasteiger partial charge >= 0.3 is 5.97 Å². The van der Waals surface area contributed by atoms with E-state index in [4.69, 9.17) is 5.11 Å². The van der Waals surface area contributed by atoms with Crippen LogP contribution in [0.4, 0.5) is 5.69 Å². The fourth-order valence-electron chi connectivity index (χ4n) is 1.27. The van der Waals surface area contributed by atoms with Crippen molar-refractivity contribution >= 4 is 11.7 Å². The number of nitrogens with one attached hydrogen (secondary N) is 1. The van der Waals surface area contributed by atoms with Crippen LogP contribution in [0.2, 0.25) is 0 Å². The molecule has 5 heteroatoms. The lowest BCUT2D eigenvalue weighted by Gasteiger charge is -2.08. The lowest BCUT2D eigenvalue weighted by Crippen LogP contribution is -2.10. The van der Waals surface area contributed by atoms with Gasteiger partial charge in [0.2, 0.25) is 0 Å². The number of carboxylic acids is 1. The molecule has 0 atom stereocenters. The summed E-state index contributed by atoms with van der Waals surface area (Å²) in [5.41, 5.74) is 1.35. The van der Waals surface area contributed by atoms with Gasteiger partial charge in [0.25, 0.3) is 0 Å². The van der Waals surface area contributed by atoms with E-state index in [0.29, 0.717) is 0 Å². The Morgan fingerprint density at radius 1 is 1.11 bits per heavy atom. The minimum atomic E-state index is -1.01. The molecule has 0 fully saturated rings. The monoisotopic (exact) mass is 260 g/mol. The maximum atomic E-state index is 10.5. The molecule has 100 valence electrons. The number of nitrogens with zero attached hydrogens (tertiary/aromatic N) is 1. The highest BCUT2D eigenvalue weighted by Crippen LogP contribution is 2.06. The quantitative estimate of drug-likeness (QED) is 0.874. The van der Waals surface area contributed by atoms with Crippen LogP contribution in [0, 0.1) is 0 Å². The summed E-state index contributed by atoms with van der Waals surface area (Å²) in [4.78, 5) is 15.2. The van der Waals surface area contributed by atoms with E-state index < -0.39 is 5.97 Å². The predicted octanol–water partition coefficient (Wildman–Crippen LogP) is 1.03. The van der Waals surface area contributed by atoms with Gasteiger partial charge < -0.3 is 15.1 Å². The largest absolute Gasteiger partial charge is 0.872 e. The van der Waals surface area contributed by atoms with E-state index >= 15 is 0 Å². The first kappa shape index (κ1) is 14.5. The lowest BCUT2D eigenvalue weighted by atomic mass is 10.2. The van der Waals surface area contributed by atoms with Gasteiger partial charge in [-0.3, -0.25) is 0 Å². The van der Waals surface area contributed by atoms with Crippen LogP contribution in [-0.4, -0.2) is 25.2 Å². The summed E-state index contributed by atoms with van der Waals surface area (Å²) < 4.78 is 0. The Kier molecular flexibility index (Phi) is 5.35. The Bertz CT molecular complexity index is 510. The Morgan fingerprint density at radius 2 is 1.63 bits per heavy atom. The van der Waals surface area contributed by atoms with Gasteiger partial charge in [-0.2, -0.15) is 0 Å². The summed E-state index contributed by atoms with van der Waals surface area (Å²) in [6.07, 6.45) is 3.82. The number of carboxylic acid groups (broad SMARTS) is 1. The molecule has 0 unspecified atom stereocenters. The second-order valence-corrected chi connectivity index (χ2v) is 3.98. The van der Waals surface area contributed by atoms with Crippen LogP contribution in [0.5, 0.6) is 5.75 Å². The second kappa shape index (κ2) is 7.00. The smallest absolute Gasteiger partial charge is 0.335 e. The van der Waals surface area contributed by atoms with Crippen LogP contribution in [-0.2, 0) is 0 Å². The van der Waals surface area contributed by atoms with Gasteiger partial charge in [0.05, 0.1) is 5.56 Å². The SMILES string of the molecule is CN(C)c1cc[nH+]cc1.O=C(O)c1ccc([O-])cc1. The van der Waals surface area contributed by atoms with E-state index in [1.807, 2.05) is 38.6 Å². The van der Waals surface area contributed by atoms with Gasteiger partial charge in [0.15, 0.2) is 12.4 Å². The van der Waals surface area contributed by atoms with Crippen LogP contribution < -0.4 is 15.0 Å². The number of aromatic carboxylic acids is 1. The average molecular weight is 260 g/mol. The maximum absolute atomic E-state index is 10.5. The van der Waals surface area contributed by atoms with Crippen molar-refractivity contribution < 1.29 is 20.0 Å². The van der Waals surface area contributed by atoms with E-state index in [1.54, 1.807) is 0 Å². The van der Waals surface area contributed by atoms with Crippen molar-refractivity contribution in [2.75, 3.05) is 19.0 Å². The molecular formula is C14H16N2O3. The van der Waals surface area contributed by atoms with E-state index in [0.717, 1.165) is 0 Å². The van der Waals surface area contributed by atoms with Gasteiger partial charge in [-0.1, -0.05) is 12.1 Å². The fraction of sp³-hybridized carbons (Fsp3) is 0.143. The highest BCUT2D eigenvalue weighted by Gasteiger charge is 1.97. The minimum Gasteiger partial charge on any atom is -0.872 e. The number of anilines is 1. The number of hydrogen-bond donors (Lipinski definition) is 1. The molecule has 0 saturated carbocycles. The molecule has 5 nitrogen and oxygen atoms in total. The molecule has 1 aromatic heterocycles. The lowest BCUT2D eigenvalue weighted by molar-refractivity contribution is -0.377. The van der Waals surface area contributed by atoms with Crippen molar-refractivity contribution in [2.24, 2.45) is 0 Å². The highest BCUT2D eigenvalue weighted by atomic mass is 16.4. The molecule has 0 radical (unpaired) electrons. The van der Waals surface area contributed by atoms with Gasteiger partial charge in [-0.15, -0.1) is 5.75 Å². The maximum Gasteiger partial charge on any atom is 0.335 e. The summed E-state index contributed by atoms with van der Waals surface area (Å²) in [7, 11) is 4.05. The molecule has 0 bridgehead atoms. The first-order valence-corrected chi connectivity index (χ1v) is 5.64. The van der Waals surface area contributed by atoms with Crippen molar-refractivity contribution in [1.29, 1.82) is 0 Å². The van der Waals surface area contributed by atoms with Crippen molar-refractivity contribution in [3.63, 3.8) is 0 Å². The van der Waals surface area contributed by atoms with Crippen LogP contribution in [0.15, 0.2) is 48.8 Å².